The molecule has 6 nitrogen and oxygen atoms in total. The molecule has 0 amide bonds. The Bertz CT molecular complexity index is 1230. The Hall–Kier alpha value is -3.03. The summed E-state index contributed by atoms with van der Waals surface area (Å²) < 4.78 is 27.6. The molecule has 1 fully saturated rings. The van der Waals surface area contributed by atoms with Crippen LogP contribution in [-0.2, 0) is 22.9 Å². The van der Waals surface area contributed by atoms with Gasteiger partial charge in [-0.05, 0) is 37.0 Å². The van der Waals surface area contributed by atoms with Crippen molar-refractivity contribution in [1.29, 1.82) is 0 Å². The van der Waals surface area contributed by atoms with Crippen molar-refractivity contribution in [3.05, 3.63) is 94.3 Å². The van der Waals surface area contributed by atoms with E-state index in [4.69, 9.17) is 9.97 Å². The lowest BCUT2D eigenvalue weighted by Gasteiger charge is -2.26. The second-order valence-corrected chi connectivity index (χ2v) is 10.4. The zero-order valence-electron chi connectivity index (χ0n) is 19.9. The molecule has 0 aliphatic carbocycles. The zero-order valence-corrected chi connectivity index (χ0v) is 20.7. The molecule has 1 aromatic heterocycles. The Labute approximate surface area is 203 Å². The van der Waals surface area contributed by atoms with E-state index >= 15 is 0 Å². The third-order valence-electron chi connectivity index (χ3n) is 6.09. The van der Waals surface area contributed by atoms with E-state index < -0.39 is 10.0 Å². The summed E-state index contributed by atoms with van der Waals surface area (Å²) in [5.74, 6) is 1.69. The summed E-state index contributed by atoms with van der Waals surface area (Å²) in [6.45, 7) is 6.33. The summed E-state index contributed by atoms with van der Waals surface area (Å²) in [5.41, 5.74) is 4.29. The molecular formula is C27H32N4O2S. The minimum atomic E-state index is -3.50. The van der Waals surface area contributed by atoms with Crippen LogP contribution in [0.25, 0.3) is 6.08 Å². The van der Waals surface area contributed by atoms with Crippen molar-refractivity contribution in [2.24, 2.45) is 0 Å². The average molecular weight is 477 g/mol. The first kappa shape index (κ1) is 24.1. The second kappa shape index (κ2) is 10.9. The molecule has 1 aliphatic rings. The molecular weight excluding hydrogens is 444 g/mol. The van der Waals surface area contributed by atoms with Gasteiger partial charge >= 0.3 is 0 Å². The van der Waals surface area contributed by atoms with Crippen LogP contribution in [0.5, 0.6) is 0 Å². The van der Waals surface area contributed by atoms with E-state index in [0.717, 1.165) is 54.3 Å². The molecule has 7 heteroatoms. The Morgan fingerprint density at radius 2 is 1.62 bits per heavy atom. The van der Waals surface area contributed by atoms with Crippen molar-refractivity contribution in [1.82, 2.24) is 14.3 Å². The lowest BCUT2D eigenvalue weighted by molar-refractivity contribution is 0.440. The summed E-state index contributed by atoms with van der Waals surface area (Å²) in [7, 11) is -3.50. The first-order chi connectivity index (χ1) is 16.5. The molecule has 0 saturated carbocycles. The molecule has 178 valence electrons. The lowest BCUT2D eigenvalue weighted by Crippen LogP contribution is -2.34. The van der Waals surface area contributed by atoms with E-state index in [-0.39, 0.29) is 0 Å². The number of anilines is 1. The molecule has 0 spiro atoms. The number of nitrogens with zero attached hydrogens (tertiary/aromatic N) is 4. The topological polar surface area (TPSA) is 66.4 Å². The number of aryl methyl sites for hydroxylation is 2. The predicted molar refractivity (Wildman–Crippen MR) is 138 cm³/mol. The Balaban J connectivity index is 1.56. The molecule has 0 unspecified atom stereocenters. The third kappa shape index (κ3) is 5.90. The van der Waals surface area contributed by atoms with Gasteiger partial charge in [0.25, 0.3) is 0 Å². The van der Waals surface area contributed by atoms with Crippen LogP contribution < -0.4 is 4.90 Å². The van der Waals surface area contributed by atoms with Crippen LogP contribution in [0.2, 0.25) is 0 Å². The quantitative estimate of drug-likeness (QED) is 0.504. The molecule has 1 saturated heterocycles. The first-order valence-electron chi connectivity index (χ1n) is 11.8. The fourth-order valence-corrected chi connectivity index (χ4v) is 5.57. The van der Waals surface area contributed by atoms with Gasteiger partial charge in [-0.2, -0.15) is 4.31 Å². The molecule has 34 heavy (non-hydrogen) atoms. The smallest absolute Gasteiger partial charge is 0.236 e. The van der Waals surface area contributed by atoms with E-state index in [2.05, 4.69) is 24.0 Å². The number of hydrogen-bond donors (Lipinski definition) is 0. The van der Waals surface area contributed by atoms with Gasteiger partial charge in [0.05, 0.1) is 0 Å². The molecule has 0 radical (unpaired) electrons. The molecule has 0 bridgehead atoms. The Morgan fingerprint density at radius 3 is 2.32 bits per heavy atom. The van der Waals surface area contributed by atoms with Gasteiger partial charge in [0, 0.05) is 49.3 Å². The van der Waals surface area contributed by atoms with Crippen LogP contribution in [-0.4, -0.2) is 48.9 Å². The fourth-order valence-electron chi connectivity index (χ4n) is 4.35. The fraction of sp³-hybridized carbons (Fsp3) is 0.333. The maximum Gasteiger partial charge on any atom is 0.236 e. The van der Waals surface area contributed by atoms with Crippen LogP contribution in [0, 0.1) is 6.92 Å². The zero-order chi connectivity index (χ0) is 24.0. The van der Waals surface area contributed by atoms with E-state index in [1.807, 2.05) is 55.5 Å². The van der Waals surface area contributed by atoms with Crippen molar-refractivity contribution >= 4 is 21.9 Å². The predicted octanol–water partition coefficient (Wildman–Crippen LogP) is 4.45. The van der Waals surface area contributed by atoms with Gasteiger partial charge in [0.1, 0.15) is 11.6 Å². The highest BCUT2D eigenvalue weighted by Gasteiger charge is 2.26. The molecule has 1 aliphatic heterocycles. The summed E-state index contributed by atoms with van der Waals surface area (Å²) >= 11 is 0. The first-order valence-corrected chi connectivity index (χ1v) is 13.3. The summed E-state index contributed by atoms with van der Waals surface area (Å²) in [4.78, 5) is 11.8. The highest BCUT2D eigenvalue weighted by molar-refractivity contribution is 7.92. The molecule has 4 rings (SSSR count). The Morgan fingerprint density at radius 1 is 0.912 bits per heavy atom. The van der Waals surface area contributed by atoms with E-state index in [9.17, 15) is 8.42 Å². The minimum absolute atomic E-state index is 0.427. The van der Waals surface area contributed by atoms with E-state index in [1.54, 1.807) is 10.4 Å². The monoisotopic (exact) mass is 476 g/mol. The van der Waals surface area contributed by atoms with Gasteiger partial charge < -0.3 is 4.90 Å². The highest BCUT2D eigenvalue weighted by atomic mass is 32.2. The Kier molecular flexibility index (Phi) is 7.75. The summed E-state index contributed by atoms with van der Waals surface area (Å²) in [6.07, 6.45) is 4.00. The van der Waals surface area contributed by atoms with Crippen LogP contribution in [0.1, 0.15) is 41.6 Å². The van der Waals surface area contributed by atoms with Gasteiger partial charge in [-0.15, -0.1) is 0 Å². The van der Waals surface area contributed by atoms with E-state index in [0.29, 0.717) is 19.6 Å². The average Bonchev–Trinajstić information content (AvgIpc) is 3.12. The molecule has 2 heterocycles. The summed E-state index contributed by atoms with van der Waals surface area (Å²) in [6, 6.07) is 19.9. The van der Waals surface area contributed by atoms with Gasteiger partial charge in [-0.3, -0.25) is 0 Å². The largest absolute Gasteiger partial charge is 0.355 e. The van der Waals surface area contributed by atoms with Crippen molar-refractivity contribution in [2.75, 3.05) is 31.1 Å². The number of sulfonamides is 1. The number of rotatable bonds is 7. The second-order valence-electron chi connectivity index (χ2n) is 8.53. The van der Waals surface area contributed by atoms with Crippen molar-refractivity contribution in [2.45, 2.75) is 33.1 Å². The molecule has 0 atom stereocenters. The van der Waals surface area contributed by atoms with Gasteiger partial charge in [-0.25, -0.2) is 18.4 Å². The lowest BCUT2D eigenvalue weighted by atomic mass is 10.0. The van der Waals surface area contributed by atoms with Crippen LogP contribution in [0.15, 0.2) is 66.1 Å². The maximum absolute atomic E-state index is 13.0. The van der Waals surface area contributed by atoms with Crippen molar-refractivity contribution in [3.63, 3.8) is 0 Å². The van der Waals surface area contributed by atoms with E-state index in [1.165, 1.54) is 11.0 Å². The van der Waals surface area contributed by atoms with Gasteiger partial charge in [0.2, 0.25) is 10.0 Å². The molecule has 0 N–H and O–H groups in total. The van der Waals surface area contributed by atoms with Crippen LogP contribution in [0.4, 0.5) is 5.82 Å². The molecule has 2 aromatic carbocycles. The normalized spacial score (nSPS) is 15.5. The van der Waals surface area contributed by atoms with Crippen molar-refractivity contribution in [3.8, 4) is 0 Å². The SMILES string of the molecule is CCc1nc(C)nc(N2CCCN(S(=O)(=O)C=Cc3ccccc3)CC2)c1Cc1ccccc1. The maximum atomic E-state index is 13.0. The van der Waals surface area contributed by atoms with Crippen LogP contribution in [0.3, 0.4) is 0 Å². The standard InChI is InChI=1S/C27H32N4O2S/c1-3-26-25(21-24-13-8-5-9-14-24)27(29-22(2)28-26)30-16-10-17-31(19-18-30)34(32,33)20-15-23-11-6-4-7-12-23/h4-9,11-15,20H,3,10,16-19,21H2,1-2H3. The molecule has 3 aromatic rings. The number of hydrogen-bond acceptors (Lipinski definition) is 5. The number of aromatic nitrogens is 2. The highest BCUT2D eigenvalue weighted by Crippen LogP contribution is 2.26. The minimum Gasteiger partial charge on any atom is -0.355 e. The van der Waals surface area contributed by atoms with Crippen LogP contribution >= 0.6 is 0 Å². The number of benzene rings is 2. The van der Waals surface area contributed by atoms with Gasteiger partial charge in [0.15, 0.2) is 0 Å². The summed E-state index contributed by atoms with van der Waals surface area (Å²) in [5, 5.41) is 1.32. The van der Waals surface area contributed by atoms with Gasteiger partial charge in [-0.1, -0.05) is 67.6 Å². The van der Waals surface area contributed by atoms with Crippen molar-refractivity contribution < 1.29 is 8.42 Å². The third-order valence-corrected chi connectivity index (χ3v) is 7.65.